The van der Waals surface area contributed by atoms with E-state index < -0.39 is 6.43 Å². The predicted molar refractivity (Wildman–Crippen MR) is 55.3 cm³/mol. The Morgan fingerprint density at radius 1 is 1.40 bits per heavy atom. The van der Waals surface area contributed by atoms with Crippen LogP contribution in [0.15, 0.2) is 0 Å². The van der Waals surface area contributed by atoms with Gasteiger partial charge in [0, 0.05) is 12.7 Å². The highest BCUT2D eigenvalue weighted by Crippen LogP contribution is 2.11. The zero-order chi connectivity index (χ0) is 11.4. The Morgan fingerprint density at radius 3 is 2.53 bits per heavy atom. The molecule has 1 aromatic heterocycles. The quantitative estimate of drug-likeness (QED) is 0.756. The highest BCUT2D eigenvalue weighted by atomic mass is 19.3. The number of hydrogen-bond donors (Lipinski definition) is 1. The maximum absolute atomic E-state index is 11.8. The zero-order valence-electron chi connectivity index (χ0n) is 9.35. The predicted octanol–water partition coefficient (Wildman–Crippen LogP) is 1.43. The largest absolute Gasteiger partial charge is 0.311 e. The van der Waals surface area contributed by atoms with Crippen molar-refractivity contribution in [1.29, 1.82) is 0 Å². The van der Waals surface area contributed by atoms with Crippen molar-refractivity contribution in [2.24, 2.45) is 7.05 Å². The lowest BCUT2D eigenvalue weighted by atomic mass is 10.1. The number of hydrogen-bond acceptors (Lipinski definition) is 2. The summed E-state index contributed by atoms with van der Waals surface area (Å²) in [5.74, 6) is 0. The molecule has 0 saturated heterocycles. The van der Waals surface area contributed by atoms with Crippen LogP contribution in [0.4, 0.5) is 8.78 Å². The van der Waals surface area contributed by atoms with E-state index in [-0.39, 0.29) is 6.54 Å². The molecule has 86 valence electrons. The summed E-state index contributed by atoms with van der Waals surface area (Å²) in [5, 5.41) is 6.98. The molecule has 0 aliphatic rings. The van der Waals surface area contributed by atoms with Gasteiger partial charge in [-0.3, -0.25) is 4.68 Å². The summed E-state index contributed by atoms with van der Waals surface area (Å²) in [6.07, 6.45) is -1.53. The number of alkyl halides is 2. The number of aromatic nitrogens is 2. The van der Waals surface area contributed by atoms with Crippen LogP contribution in [-0.4, -0.2) is 29.3 Å². The molecule has 5 heteroatoms. The van der Waals surface area contributed by atoms with E-state index in [1.807, 2.05) is 25.6 Å². The summed E-state index contributed by atoms with van der Waals surface area (Å²) in [5.41, 5.74) is 3.24. The highest BCUT2D eigenvalue weighted by Gasteiger charge is 2.08. The van der Waals surface area contributed by atoms with E-state index in [9.17, 15) is 8.78 Å². The number of halogens is 2. The molecule has 1 heterocycles. The van der Waals surface area contributed by atoms with Gasteiger partial charge >= 0.3 is 0 Å². The van der Waals surface area contributed by atoms with Crippen LogP contribution >= 0.6 is 0 Å². The van der Waals surface area contributed by atoms with Crippen LogP contribution in [0.1, 0.15) is 17.0 Å². The molecule has 0 fully saturated rings. The number of rotatable bonds is 5. The first kappa shape index (κ1) is 12.1. The average molecular weight is 217 g/mol. The molecule has 1 N–H and O–H groups in total. The van der Waals surface area contributed by atoms with Gasteiger partial charge in [-0.2, -0.15) is 5.10 Å². The Labute approximate surface area is 88.5 Å². The minimum absolute atomic E-state index is 0.238. The molecule has 0 atom stereocenters. The van der Waals surface area contributed by atoms with Gasteiger partial charge in [0.25, 0.3) is 6.43 Å². The molecule has 0 bridgehead atoms. The van der Waals surface area contributed by atoms with Crippen LogP contribution in [0.2, 0.25) is 0 Å². The molecule has 0 amide bonds. The fraction of sp³-hybridized carbons (Fsp3) is 0.700. The van der Waals surface area contributed by atoms with E-state index in [1.54, 1.807) is 0 Å². The Kier molecular flexibility index (Phi) is 4.20. The van der Waals surface area contributed by atoms with Gasteiger partial charge in [-0.1, -0.05) is 0 Å². The molecule has 1 aromatic rings. The van der Waals surface area contributed by atoms with E-state index in [1.165, 1.54) is 0 Å². The molecule has 0 aliphatic heterocycles. The van der Waals surface area contributed by atoms with E-state index >= 15 is 0 Å². The summed E-state index contributed by atoms with van der Waals surface area (Å²) < 4.78 is 25.5. The third-order valence-corrected chi connectivity index (χ3v) is 2.51. The van der Waals surface area contributed by atoms with Crippen LogP contribution in [0.5, 0.6) is 0 Å². The Balaban J connectivity index is 2.44. The van der Waals surface area contributed by atoms with Gasteiger partial charge in [0.2, 0.25) is 0 Å². The lowest BCUT2D eigenvalue weighted by Crippen LogP contribution is -2.23. The first-order chi connectivity index (χ1) is 7.02. The standard InChI is InChI=1S/C10H17F2N3/c1-7-9(8(2)15(3)14-7)4-5-13-6-10(11)12/h10,13H,4-6H2,1-3H3. The van der Waals surface area contributed by atoms with Gasteiger partial charge in [0.1, 0.15) is 0 Å². The molecule has 0 aromatic carbocycles. The average Bonchev–Trinajstić information content (AvgIpc) is 2.37. The molecule has 0 unspecified atom stereocenters. The molecule has 0 aliphatic carbocycles. The van der Waals surface area contributed by atoms with Crippen molar-refractivity contribution in [2.45, 2.75) is 26.7 Å². The number of nitrogens with one attached hydrogen (secondary N) is 1. The van der Waals surface area contributed by atoms with Crippen molar-refractivity contribution in [3.8, 4) is 0 Å². The molecular weight excluding hydrogens is 200 g/mol. The van der Waals surface area contributed by atoms with Crippen LogP contribution < -0.4 is 5.32 Å². The van der Waals surface area contributed by atoms with Crippen molar-refractivity contribution >= 4 is 0 Å². The summed E-state index contributed by atoms with van der Waals surface area (Å²) in [6.45, 7) is 4.26. The minimum atomic E-state index is -2.28. The zero-order valence-corrected chi connectivity index (χ0v) is 9.35. The van der Waals surface area contributed by atoms with Gasteiger partial charge in [-0.05, 0) is 32.4 Å². The van der Waals surface area contributed by atoms with Crippen molar-refractivity contribution in [2.75, 3.05) is 13.1 Å². The lowest BCUT2D eigenvalue weighted by Gasteiger charge is -2.04. The Morgan fingerprint density at radius 2 is 2.07 bits per heavy atom. The molecule has 15 heavy (non-hydrogen) atoms. The van der Waals surface area contributed by atoms with E-state index in [0.29, 0.717) is 6.54 Å². The van der Waals surface area contributed by atoms with Crippen molar-refractivity contribution < 1.29 is 8.78 Å². The van der Waals surface area contributed by atoms with E-state index in [2.05, 4.69) is 10.4 Å². The first-order valence-electron chi connectivity index (χ1n) is 5.00. The molecule has 0 spiro atoms. The van der Waals surface area contributed by atoms with Gasteiger partial charge in [-0.15, -0.1) is 0 Å². The highest BCUT2D eigenvalue weighted by molar-refractivity contribution is 5.24. The molecular formula is C10H17F2N3. The van der Waals surface area contributed by atoms with Gasteiger partial charge < -0.3 is 5.32 Å². The molecule has 1 rings (SSSR count). The van der Waals surface area contributed by atoms with E-state index in [4.69, 9.17) is 0 Å². The first-order valence-corrected chi connectivity index (χ1v) is 5.00. The van der Waals surface area contributed by atoms with Gasteiger partial charge in [0.05, 0.1) is 12.2 Å². The third kappa shape index (κ3) is 3.27. The van der Waals surface area contributed by atoms with E-state index in [0.717, 1.165) is 23.4 Å². The second kappa shape index (κ2) is 5.21. The van der Waals surface area contributed by atoms with Gasteiger partial charge in [-0.25, -0.2) is 8.78 Å². The Bertz CT molecular complexity index is 321. The van der Waals surface area contributed by atoms with Crippen LogP contribution in [0.25, 0.3) is 0 Å². The summed E-state index contributed by atoms with van der Waals surface area (Å²) >= 11 is 0. The second-order valence-electron chi connectivity index (χ2n) is 3.62. The SMILES string of the molecule is Cc1nn(C)c(C)c1CCNCC(F)F. The minimum Gasteiger partial charge on any atom is -0.311 e. The lowest BCUT2D eigenvalue weighted by molar-refractivity contribution is 0.146. The van der Waals surface area contributed by atoms with Crippen LogP contribution in [-0.2, 0) is 13.5 Å². The summed E-state index contributed by atoms with van der Waals surface area (Å²) in [7, 11) is 1.89. The van der Waals surface area contributed by atoms with Crippen molar-refractivity contribution in [3.63, 3.8) is 0 Å². The fourth-order valence-electron chi connectivity index (χ4n) is 1.60. The maximum atomic E-state index is 11.8. The van der Waals surface area contributed by atoms with Crippen LogP contribution in [0.3, 0.4) is 0 Å². The maximum Gasteiger partial charge on any atom is 0.250 e. The monoisotopic (exact) mass is 217 g/mol. The summed E-state index contributed by atoms with van der Waals surface area (Å²) in [4.78, 5) is 0. The fourth-order valence-corrected chi connectivity index (χ4v) is 1.60. The third-order valence-electron chi connectivity index (χ3n) is 2.51. The topological polar surface area (TPSA) is 29.9 Å². The smallest absolute Gasteiger partial charge is 0.250 e. The van der Waals surface area contributed by atoms with Gasteiger partial charge in [0.15, 0.2) is 0 Å². The summed E-state index contributed by atoms with van der Waals surface area (Å²) in [6, 6.07) is 0. The van der Waals surface area contributed by atoms with Crippen molar-refractivity contribution in [1.82, 2.24) is 15.1 Å². The van der Waals surface area contributed by atoms with Crippen LogP contribution in [0, 0.1) is 13.8 Å². The molecule has 0 radical (unpaired) electrons. The van der Waals surface area contributed by atoms with Crippen molar-refractivity contribution in [3.05, 3.63) is 17.0 Å². The second-order valence-corrected chi connectivity index (χ2v) is 3.62. The number of nitrogens with zero attached hydrogens (tertiary/aromatic N) is 2. The molecule has 0 saturated carbocycles. The normalized spacial score (nSPS) is 11.3. The molecule has 3 nitrogen and oxygen atoms in total. The Hall–Kier alpha value is -0.970. The number of aryl methyl sites for hydroxylation is 2.